The zero-order valence-corrected chi connectivity index (χ0v) is 14.5. The smallest absolute Gasteiger partial charge is 0.387 e. The molecule has 9 nitrogen and oxygen atoms in total. The maximum atomic E-state index is 12.3. The Morgan fingerprint density at radius 2 is 1.93 bits per heavy atom. The molecule has 1 aliphatic heterocycles. The summed E-state index contributed by atoms with van der Waals surface area (Å²) < 4.78 is 33.6. The number of para-hydroxylation sites is 2. The summed E-state index contributed by atoms with van der Waals surface area (Å²) in [5.41, 5.74) is -1.17. The highest BCUT2D eigenvalue weighted by Crippen LogP contribution is 2.25. The number of nitrogens with one attached hydrogen (secondary N) is 2. The number of urea groups is 1. The van der Waals surface area contributed by atoms with Crippen LogP contribution < -0.4 is 15.4 Å². The van der Waals surface area contributed by atoms with Crippen LogP contribution in [0.4, 0.5) is 19.3 Å². The molecule has 1 heterocycles. The standard InChI is InChI=1S/C16H17F2N3O6/c1-16(2)13(24)21(15(25)20-16)7-12(23)26-8-11(22)19-9-5-3-4-6-10(9)27-14(17)18/h3-6,14H,7-8H2,1-2H3,(H,19,22)(H,20,25). The van der Waals surface area contributed by atoms with Gasteiger partial charge in [-0.2, -0.15) is 8.78 Å². The zero-order valence-electron chi connectivity index (χ0n) is 14.5. The Kier molecular flexibility index (Phi) is 5.93. The van der Waals surface area contributed by atoms with Crippen molar-refractivity contribution < 1.29 is 37.4 Å². The molecule has 27 heavy (non-hydrogen) atoms. The van der Waals surface area contributed by atoms with Crippen molar-refractivity contribution in [2.45, 2.75) is 26.0 Å². The summed E-state index contributed by atoms with van der Waals surface area (Å²) in [7, 11) is 0. The van der Waals surface area contributed by atoms with E-state index in [0.717, 1.165) is 0 Å². The highest BCUT2D eigenvalue weighted by atomic mass is 19.3. The molecule has 1 aromatic carbocycles. The molecular formula is C16H17F2N3O6. The Labute approximate surface area is 152 Å². The van der Waals surface area contributed by atoms with Gasteiger partial charge in [0.1, 0.15) is 17.8 Å². The fraction of sp³-hybridized carbons (Fsp3) is 0.375. The van der Waals surface area contributed by atoms with E-state index < -0.39 is 49.1 Å². The molecule has 146 valence electrons. The Balaban J connectivity index is 1.87. The maximum Gasteiger partial charge on any atom is 0.387 e. The number of halogens is 2. The Hall–Kier alpha value is -3.24. The quantitative estimate of drug-likeness (QED) is 0.537. The third kappa shape index (κ3) is 5.12. The van der Waals surface area contributed by atoms with Crippen molar-refractivity contribution in [1.29, 1.82) is 0 Å². The van der Waals surface area contributed by atoms with E-state index in [2.05, 4.69) is 15.4 Å². The number of nitrogens with zero attached hydrogens (tertiary/aromatic N) is 1. The van der Waals surface area contributed by atoms with Crippen LogP contribution in [0.15, 0.2) is 24.3 Å². The van der Waals surface area contributed by atoms with E-state index >= 15 is 0 Å². The average Bonchev–Trinajstić information content (AvgIpc) is 2.76. The summed E-state index contributed by atoms with van der Waals surface area (Å²) in [5, 5.41) is 4.65. The summed E-state index contributed by atoms with van der Waals surface area (Å²) in [4.78, 5) is 47.9. The number of hydrogen-bond acceptors (Lipinski definition) is 6. The number of carbonyl (C=O) groups is 4. The van der Waals surface area contributed by atoms with Gasteiger partial charge in [-0.1, -0.05) is 12.1 Å². The zero-order chi connectivity index (χ0) is 20.2. The Morgan fingerprint density at radius 3 is 2.52 bits per heavy atom. The number of ether oxygens (including phenoxy) is 2. The minimum atomic E-state index is -3.07. The molecule has 0 atom stereocenters. The largest absolute Gasteiger partial charge is 0.454 e. The number of esters is 1. The molecule has 0 aliphatic carbocycles. The van der Waals surface area contributed by atoms with Gasteiger partial charge < -0.3 is 20.1 Å². The van der Waals surface area contributed by atoms with Crippen molar-refractivity contribution in [1.82, 2.24) is 10.2 Å². The fourth-order valence-corrected chi connectivity index (χ4v) is 2.24. The van der Waals surface area contributed by atoms with Gasteiger partial charge in [0.25, 0.3) is 11.8 Å². The first-order chi connectivity index (χ1) is 12.6. The third-order valence-corrected chi connectivity index (χ3v) is 3.47. The van der Waals surface area contributed by atoms with Gasteiger partial charge in [0.05, 0.1) is 5.69 Å². The van der Waals surface area contributed by atoms with Crippen LogP contribution in [-0.4, -0.2) is 54.0 Å². The first kappa shape index (κ1) is 20.1. The van der Waals surface area contributed by atoms with Gasteiger partial charge in [0, 0.05) is 0 Å². The van der Waals surface area contributed by atoms with Crippen LogP contribution in [0.3, 0.4) is 0 Å². The lowest BCUT2D eigenvalue weighted by Gasteiger charge is -2.15. The van der Waals surface area contributed by atoms with Crippen LogP contribution in [-0.2, 0) is 19.1 Å². The molecule has 0 radical (unpaired) electrons. The van der Waals surface area contributed by atoms with Gasteiger partial charge in [0.15, 0.2) is 6.61 Å². The van der Waals surface area contributed by atoms with Crippen molar-refractivity contribution in [2.75, 3.05) is 18.5 Å². The third-order valence-electron chi connectivity index (χ3n) is 3.47. The van der Waals surface area contributed by atoms with Crippen molar-refractivity contribution >= 4 is 29.5 Å². The molecule has 0 spiro atoms. The molecule has 1 saturated heterocycles. The number of rotatable bonds is 7. The number of anilines is 1. The maximum absolute atomic E-state index is 12.3. The summed E-state index contributed by atoms with van der Waals surface area (Å²) in [5.74, 6) is -2.66. The van der Waals surface area contributed by atoms with E-state index in [1.165, 1.54) is 38.1 Å². The van der Waals surface area contributed by atoms with E-state index in [1.54, 1.807) is 0 Å². The van der Waals surface area contributed by atoms with E-state index in [1.807, 2.05) is 0 Å². The molecule has 0 aromatic heterocycles. The van der Waals surface area contributed by atoms with Crippen LogP contribution in [0.1, 0.15) is 13.8 Å². The predicted octanol–water partition coefficient (Wildman–Crippen LogP) is 1.10. The first-order valence-corrected chi connectivity index (χ1v) is 7.73. The number of imide groups is 1. The van der Waals surface area contributed by atoms with Gasteiger partial charge in [-0.25, -0.2) is 4.79 Å². The number of benzene rings is 1. The Morgan fingerprint density at radius 1 is 1.26 bits per heavy atom. The van der Waals surface area contributed by atoms with E-state index in [-0.39, 0.29) is 11.4 Å². The van der Waals surface area contributed by atoms with Crippen LogP contribution >= 0.6 is 0 Å². The van der Waals surface area contributed by atoms with Gasteiger partial charge in [-0.3, -0.25) is 19.3 Å². The number of hydrogen-bond donors (Lipinski definition) is 2. The number of alkyl halides is 2. The molecule has 0 unspecified atom stereocenters. The highest BCUT2D eigenvalue weighted by molar-refractivity contribution is 6.08. The second kappa shape index (κ2) is 7.98. The molecule has 1 aromatic rings. The van der Waals surface area contributed by atoms with E-state index in [4.69, 9.17) is 4.74 Å². The molecule has 1 aliphatic rings. The van der Waals surface area contributed by atoms with Crippen molar-refractivity contribution in [3.05, 3.63) is 24.3 Å². The van der Waals surface area contributed by atoms with E-state index in [0.29, 0.717) is 4.90 Å². The predicted molar refractivity (Wildman–Crippen MR) is 87.0 cm³/mol. The van der Waals surface area contributed by atoms with Crippen LogP contribution in [0.5, 0.6) is 5.75 Å². The fourth-order valence-electron chi connectivity index (χ4n) is 2.24. The van der Waals surface area contributed by atoms with Gasteiger partial charge in [-0.15, -0.1) is 0 Å². The lowest BCUT2D eigenvalue weighted by molar-refractivity contribution is -0.150. The molecular weight excluding hydrogens is 368 g/mol. The lowest BCUT2D eigenvalue weighted by Crippen LogP contribution is -2.41. The van der Waals surface area contributed by atoms with Crippen LogP contribution in [0.2, 0.25) is 0 Å². The van der Waals surface area contributed by atoms with Crippen molar-refractivity contribution in [2.24, 2.45) is 0 Å². The summed E-state index contributed by atoms with van der Waals surface area (Å²) >= 11 is 0. The Bertz CT molecular complexity index is 768. The van der Waals surface area contributed by atoms with E-state index in [9.17, 15) is 28.0 Å². The molecule has 2 N–H and O–H groups in total. The van der Waals surface area contributed by atoms with Gasteiger partial charge in [-0.05, 0) is 26.0 Å². The monoisotopic (exact) mass is 385 g/mol. The van der Waals surface area contributed by atoms with Crippen molar-refractivity contribution in [3.8, 4) is 5.75 Å². The molecule has 2 rings (SSSR count). The second-order valence-electron chi connectivity index (χ2n) is 6.03. The minimum absolute atomic E-state index is 0.0327. The first-order valence-electron chi connectivity index (χ1n) is 7.73. The van der Waals surface area contributed by atoms with Crippen LogP contribution in [0.25, 0.3) is 0 Å². The normalized spacial score (nSPS) is 15.5. The average molecular weight is 385 g/mol. The number of carbonyl (C=O) groups excluding carboxylic acids is 4. The highest BCUT2D eigenvalue weighted by Gasteiger charge is 2.45. The van der Waals surface area contributed by atoms with Gasteiger partial charge in [0.2, 0.25) is 0 Å². The summed E-state index contributed by atoms with van der Waals surface area (Å²) in [6.45, 7) is -1.52. The molecule has 0 saturated carbocycles. The molecule has 11 heteroatoms. The lowest BCUT2D eigenvalue weighted by atomic mass is 10.1. The van der Waals surface area contributed by atoms with Crippen LogP contribution in [0, 0.1) is 0 Å². The summed E-state index contributed by atoms with van der Waals surface area (Å²) in [6.07, 6.45) is 0. The molecule has 4 amide bonds. The topological polar surface area (TPSA) is 114 Å². The molecule has 1 fully saturated rings. The molecule has 0 bridgehead atoms. The minimum Gasteiger partial charge on any atom is -0.454 e. The van der Waals surface area contributed by atoms with Gasteiger partial charge >= 0.3 is 18.6 Å². The summed E-state index contributed by atoms with van der Waals surface area (Å²) in [6, 6.07) is 4.73. The second-order valence-corrected chi connectivity index (χ2v) is 6.03. The van der Waals surface area contributed by atoms with Crippen molar-refractivity contribution in [3.63, 3.8) is 0 Å². The number of amides is 4. The SMILES string of the molecule is CC1(C)NC(=O)N(CC(=O)OCC(=O)Nc2ccccc2OC(F)F)C1=O.